The van der Waals surface area contributed by atoms with Crippen molar-refractivity contribution in [1.82, 2.24) is 14.5 Å². The van der Waals surface area contributed by atoms with E-state index in [9.17, 15) is 4.79 Å². The Morgan fingerprint density at radius 3 is 2.67 bits per heavy atom. The van der Waals surface area contributed by atoms with Gasteiger partial charge in [0.15, 0.2) is 0 Å². The Labute approximate surface area is 145 Å². The second kappa shape index (κ2) is 5.84. The normalized spacial score (nSPS) is 16.1. The van der Waals surface area contributed by atoms with Gasteiger partial charge in [-0.1, -0.05) is 19.3 Å². The summed E-state index contributed by atoms with van der Waals surface area (Å²) in [6.45, 7) is 2.05. The maximum absolute atomic E-state index is 13.1. The molecule has 3 aromatic rings. The standard InChI is InChI=1S/C18H22N4OS/c1-11-9-19-17-13(15(11)21(2)3)14-16(24-17)18(23)22(10-20-14)12-7-5-4-6-8-12/h9-10,12H,4-8H2,1-3H3. The van der Waals surface area contributed by atoms with E-state index < -0.39 is 0 Å². The molecule has 1 fully saturated rings. The molecule has 126 valence electrons. The summed E-state index contributed by atoms with van der Waals surface area (Å²) in [6.07, 6.45) is 9.48. The predicted molar refractivity (Wildman–Crippen MR) is 100 cm³/mol. The molecular formula is C18H22N4OS. The quantitative estimate of drug-likeness (QED) is 0.709. The molecule has 0 unspecified atom stereocenters. The molecular weight excluding hydrogens is 320 g/mol. The second-order valence-electron chi connectivity index (χ2n) is 6.89. The first kappa shape index (κ1) is 15.6. The van der Waals surface area contributed by atoms with Crippen LogP contribution in [0.1, 0.15) is 43.7 Å². The Morgan fingerprint density at radius 2 is 1.96 bits per heavy atom. The largest absolute Gasteiger partial charge is 0.377 e. The third-order valence-corrected chi connectivity index (χ3v) is 6.08. The summed E-state index contributed by atoms with van der Waals surface area (Å²) in [5.41, 5.74) is 3.10. The van der Waals surface area contributed by atoms with Crippen LogP contribution < -0.4 is 10.5 Å². The molecule has 1 aliphatic rings. The molecule has 0 radical (unpaired) electrons. The van der Waals surface area contributed by atoms with Crippen LogP contribution in [-0.2, 0) is 0 Å². The van der Waals surface area contributed by atoms with Gasteiger partial charge in [0.25, 0.3) is 5.56 Å². The van der Waals surface area contributed by atoms with Crippen molar-refractivity contribution in [1.29, 1.82) is 0 Å². The van der Waals surface area contributed by atoms with Gasteiger partial charge in [0.05, 0.1) is 22.9 Å². The molecule has 4 rings (SSSR count). The van der Waals surface area contributed by atoms with Crippen LogP contribution in [0.4, 0.5) is 5.69 Å². The number of thiophene rings is 1. The molecule has 24 heavy (non-hydrogen) atoms. The summed E-state index contributed by atoms with van der Waals surface area (Å²) in [4.78, 5) is 25.3. The average molecular weight is 342 g/mol. The smallest absolute Gasteiger partial charge is 0.271 e. The molecule has 3 heterocycles. The van der Waals surface area contributed by atoms with E-state index in [0.717, 1.165) is 44.5 Å². The lowest BCUT2D eigenvalue weighted by Crippen LogP contribution is -2.26. The minimum atomic E-state index is 0.0947. The highest BCUT2D eigenvalue weighted by molar-refractivity contribution is 7.25. The van der Waals surface area contributed by atoms with Crippen LogP contribution in [0.25, 0.3) is 20.4 Å². The first-order valence-corrected chi connectivity index (χ1v) is 9.36. The average Bonchev–Trinajstić information content (AvgIpc) is 2.95. The molecule has 0 aliphatic heterocycles. The van der Waals surface area contributed by atoms with Gasteiger partial charge in [-0.25, -0.2) is 9.97 Å². The van der Waals surface area contributed by atoms with E-state index in [4.69, 9.17) is 4.98 Å². The van der Waals surface area contributed by atoms with Gasteiger partial charge < -0.3 is 4.90 Å². The Bertz CT molecular complexity index is 966. The summed E-state index contributed by atoms with van der Waals surface area (Å²) >= 11 is 1.47. The fourth-order valence-electron chi connectivity index (χ4n) is 3.88. The molecule has 0 amide bonds. The zero-order valence-electron chi connectivity index (χ0n) is 14.4. The minimum Gasteiger partial charge on any atom is -0.377 e. The van der Waals surface area contributed by atoms with E-state index >= 15 is 0 Å². The van der Waals surface area contributed by atoms with E-state index in [1.165, 1.54) is 30.6 Å². The molecule has 0 spiro atoms. The van der Waals surface area contributed by atoms with Crippen molar-refractivity contribution in [2.24, 2.45) is 0 Å². The molecule has 0 saturated heterocycles. The van der Waals surface area contributed by atoms with Gasteiger partial charge in [0, 0.05) is 26.3 Å². The molecule has 0 atom stereocenters. The van der Waals surface area contributed by atoms with Crippen LogP contribution in [0.3, 0.4) is 0 Å². The second-order valence-corrected chi connectivity index (χ2v) is 7.89. The number of hydrogen-bond donors (Lipinski definition) is 0. The van der Waals surface area contributed by atoms with Gasteiger partial charge in [0.2, 0.25) is 0 Å². The van der Waals surface area contributed by atoms with Crippen molar-refractivity contribution in [2.45, 2.75) is 45.1 Å². The molecule has 5 nitrogen and oxygen atoms in total. The van der Waals surface area contributed by atoms with E-state index in [-0.39, 0.29) is 5.56 Å². The van der Waals surface area contributed by atoms with Crippen molar-refractivity contribution >= 4 is 37.5 Å². The van der Waals surface area contributed by atoms with Crippen LogP contribution in [0.2, 0.25) is 0 Å². The Morgan fingerprint density at radius 1 is 1.21 bits per heavy atom. The van der Waals surface area contributed by atoms with Crippen molar-refractivity contribution in [3.63, 3.8) is 0 Å². The van der Waals surface area contributed by atoms with E-state index in [0.29, 0.717) is 6.04 Å². The fraction of sp³-hybridized carbons (Fsp3) is 0.500. The van der Waals surface area contributed by atoms with Crippen molar-refractivity contribution in [2.75, 3.05) is 19.0 Å². The van der Waals surface area contributed by atoms with Crippen LogP contribution >= 0.6 is 11.3 Å². The van der Waals surface area contributed by atoms with E-state index in [2.05, 4.69) is 16.8 Å². The number of aryl methyl sites for hydroxylation is 1. The summed E-state index contributed by atoms with van der Waals surface area (Å²) in [5, 5.41) is 1.01. The Balaban J connectivity index is 1.99. The number of hydrogen-bond acceptors (Lipinski definition) is 5. The first-order valence-electron chi connectivity index (χ1n) is 8.54. The highest BCUT2D eigenvalue weighted by Crippen LogP contribution is 2.37. The summed E-state index contributed by atoms with van der Waals surface area (Å²) in [5.74, 6) is 0. The molecule has 1 saturated carbocycles. The maximum Gasteiger partial charge on any atom is 0.271 e. The molecule has 0 bridgehead atoms. The third-order valence-electron chi connectivity index (χ3n) is 5.01. The number of fused-ring (bicyclic) bond motifs is 3. The third kappa shape index (κ3) is 2.32. The molecule has 6 heteroatoms. The van der Waals surface area contributed by atoms with Gasteiger partial charge in [-0.2, -0.15) is 0 Å². The number of pyridine rings is 1. The van der Waals surface area contributed by atoms with Crippen molar-refractivity contribution in [3.8, 4) is 0 Å². The molecule has 1 aliphatic carbocycles. The lowest BCUT2D eigenvalue weighted by molar-refractivity contribution is 0.345. The van der Waals surface area contributed by atoms with Crippen LogP contribution in [0.15, 0.2) is 17.3 Å². The summed E-state index contributed by atoms with van der Waals surface area (Å²) in [7, 11) is 4.04. The monoisotopic (exact) mass is 342 g/mol. The Hall–Kier alpha value is -1.95. The van der Waals surface area contributed by atoms with Gasteiger partial charge >= 0.3 is 0 Å². The SMILES string of the molecule is Cc1cnc2sc3c(=O)n(C4CCCCC4)cnc3c2c1N(C)C. The van der Waals surface area contributed by atoms with Crippen LogP contribution in [0, 0.1) is 6.92 Å². The number of aromatic nitrogens is 3. The molecule has 0 N–H and O–H groups in total. The van der Waals surface area contributed by atoms with Gasteiger partial charge in [-0.15, -0.1) is 11.3 Å². The van der Waals surface area contributed by atoms with Gasteiger partial charge in [-0.05, 0) is 25.3 Å². The Kier molecular flexibility index (Phi) is 3.79. The van der Waals surface area contributed by atoms with Crippen molar-refractivity contribution in [3.05, 3.63) is 28.4 Å². The van der Waals surface area contributed by atoms with Crippen LogP contribution in [0.5, 0.6) is 0 Å². The number of anilines is 1. The number of nitrogens with zero attached hydrogens (tertiary/aromatic N) is 4. The molecule has 0 aromatic carbocycles. The highest BCUT2D eigenvalue weighted by atomic mass is 32.1. The van der Waals surface area contributed by atoms with E-state index in [1.54, 1.807) is 6.33 Å². The van der Waals surface area contributed by atoms with Gasteiger partial charge in [-0.3, -0.25) is 9.36 Å². The summed E-state index contributed by atoms with van der Waals surface area (Å²) in [6, 6.07) is 0.302. The van der Waals surface area contributed by atoms with E-state index in [1.807, 2.05) is 24.9 Å². The zero-order chi connectivity index (χ0) is 16.8. The highest BCUT2D eigenvalue weighted by Gasteiger charge is 2.21. The number of rotatable bonds is 2. The van der Waals surface area contributed by atoms with Crippen molar-refractivity contribution < 1.29 is 0 Å². The predicted octanol–water partition coefficient (Wildman–Crippen LogP) is 3.89. The first-order chi connectivity index (χ1) is 11.6. The van der Waals surface area contributed by atoms with Gasteiger partial charge in [0.1, 0.15) is 9.53 Å². The minimum absolute atomic E-state index is 0.0947. The molecule has 3 aromatic heterocycles. The zero-order valence-corrected chi connectivity index (χ0v) is 15.2. The fourth-order valence-corrected chi connectivity index (χ4v) is 4.92. The topological polar surface area (TPSA) is 51.0 Å². The van der Waals surface area contributed by atoms with Crippen LogP contribution in [-0.4, -0.2) is 28.6 Å². The summed E-state index contributed by atoms with van der Waals surface area (Å²) < 4.78 is 2.60. The lowest BCUT2D eigenvalue weighted by Gasteiger charge is -2.23. The maximum atomic E-state index is 13.1. The lowest BCUT2D eigenvalue weighted by atomic mass is 9.95.